The second-order valence-corrected chi connectivity index (χ2v) is 7.09. The minimum absolute atomic E-state index is 0.162. The van der Waals surface area contributed by atoms with E-state index in [1.165, 1.54) is 21.7 Å². The minimum atomic E-state index is -0.916. The number of hydrogen-bond acceptors (Lipinski definition) is 6. The number of rotatable bonds is 6. The van der Waals surface area contributed by atoms with Crippen LogP contribution >= 0.6 is 0 Å². The Bertz CT molecular complexity index is 1190. The van der Waals surface area contributed by atoms with Gasteiger partial charge < -0.3 is 10.1 Å². The quantitative estimate of drug-likeness (QED) is 0.594. The Morgan fingerprint density at radius 1 is 1.12 bits per heavy atom. The molecule has 0 spiro atoms. The van der Waals surface area contributed by atoms with Crippen LogP contribution in [0.1, 0.15) is 29.8 Å². The summed E-state index contributed by atoms with van der Waals surface area (Å²) in [4.78, 5) is 42.5. The van der Waals surface area contributed by atoms with Gasteiger partial charge in [0.05, 0.1) is 11.4 Å². The molecule has 0 atom stereocenters. The Morgan fingerprint density at radius 3 is 2.59 bits per heavy atom. The van der Waals surface area contributed by atoms with Crippen LogP contribution in [-0.2, 0) is 20.7 Å². The van der Waals surface area contributed by atoms with Crippen molar-refractivity contribution in [2.24, 2.45) is 0 Å². The topological polar surface area (TPSA) is 106 Å². The van der Waals surface area contributed by atoms with Crippen molar-refractivity contribution in [3.63, 3.8) is 0 Å². The third-order valence-electron chi connectivity index (χ3n) is 4.81. The van der Waals surface area contributed by atoms with Gasteiger partial charge in [-0.15, -0.1) is 5.10 Å². The normalized spacial score (nSPS) is 12.8. The zero-order valence-corrected chi connectivity index (χ0v) is 17.2. The number of esters is 1. The standard InChI is InChI=1S/C22H20FN5O4/c1-2-7-18-25-21(26-28(18)16-10-5-3-8-14(16)23)22(31)32-13-20(30)27-12-19(29)24-15-9-4-6-11-17(15)27/h3-6,8-11H,2,7,12-13H2,1H3,(H,24,29). The number of para-hydroxylation sites is 3. The van der Waals surface area contributed by atoms with E-state index in [1.807, 2.05) is 6.92 Å². The van der Waals surface area contributed by atoms with E-state index >= 15 is 0 Å². The molecular formula is C22H20FN5O4. The van der Waals surface area contributed by atoms with Gasteiger partial charge in [-0.3, -0.25) is 14.5 Å². The number of nitrogens with zero attached hydrogens (tertiary/aromatic N) is 4. The summed E-state index contributed by atoms with van der Waals surface area (Å²) in [7, 11) is 0. The molecule has 0 bridgehead atoms. The second kappa shape index (κ2) is 8.96. The molecule has 0 saturated carbocycles. The van der Waals surface area contributed by atoms with Crippen molar-refractivity contribution in [1.82, 2.24) is 14.8 Å². The maximum Gasteiger partial charge on any atom is 0.378 e. The Kier molecular flexibility index (Phi) is 5.93. The van der Waals surface area contributed by atoms with Gasteiger partial charge in [0.2, 0.25) is 5.91 Å². The predicted octanol–water partition coefficient (Wildman–Crippen LogP) is 2.50. The molecule has 2 aromatic carbocycles. The number of amides is 2. The Labute approximate surface area is 182 Å². The number of fused-ring (bicyclic) bond motifs is 1. The lowest BCUT2D eigenvalue weighted by Crippen LogP contribution is -2.44. The first kappa shape index (κ1) is 21.2. The molecule has 10 heteroatoms. The van der Waals surface area contributed by atoms with Crippen LogP contribution in [-0.4, -0.2) is 45.7 Å². The largest absolute Gasteiger partial charge is 0.450 e. The molecule has 1 aliphatic rings. The van der Waals surface area contributed by atoms with Crippen LogP contribution in [0.3, 0.4) is 0 Å². The van der Waals surface area contributed by atoms with Gasteiger partial charge in [0.15, 0.2) is 6.61 Å². The van der Waals surface area contributed by atoms with Crippen LogP contribution in [0, 0.1) is 5.82 Å². The van der Waals surface area contributed by atoms with Crippen LogP contribution in [0.25, 0.3) is 5.69 Å². The highest BCUT2D eigenvalue weighted by Gasteiger charge is 2.28. The summed E-state index contributed by atoms with van der Waals surface area (Å²) in [6.45, 7) is 1.13. The monoisotopic (exact) mass is 437 g/mol. The van der Waals surface area contributed by atoms with Gasteiger partial charge in [-0.25, -0.2) is 18.9 Å². The highest BCUT2D eigenvalue weighted by atomic mass is 19.1. The highest BCUT2D eigenvalue weighted by molar-refractivity contribution is 6.10. The lowest BCUT2D eigenvalue weighted by atomic mass is 10.2. The van der Waals surface area contributed by atoms with Crippen molar-refractivity contribution < 1.29 is 23.5 Å². The number of carbonyl (C=O) groups is 3. The molecule has 1 aromatic heterocycles. The Morgan fingerprint density at radius 2 is 1.84 bits per heavy atom. The summed E-state index contributed by atoms with van der Waals surface area (Å²) >= 11 is 0. The summed E-state index contributed by atoms with van der Waals surface area (Å²) in [6.07, 6.45) is 1.17. The molecule has 0 aliphatic carbocycles. The fourth-order valence-corrected chi connectivity index (χ4v) is 3.36. The van der Waals surface area contributed by atoms with E-state index in [9.17, 15) is 18.8 Å². The van der Waals surface area contributed by atoms with E-state index in [1.54, 1.807) is 36.4 Å². The smallest absolute Gasteiger partial charge is 0.378 e. The zero-order valence-electron chi connectivity index (χ0n) is 17.2. The molecule has 3 aromatic rings. The van der Waals surface area contributed by atoms with Gasteiger partial charge in [0.25, 0.3) is 11.7 Å². The first-order valence-electron chi connectivity index (χ1n) is 10.0. The molecule has 0 radical (unpaired) electrons. The summed E-state index contributed by atoms with van der Waals surface area (Å²) in [6, 6.07) is 12.8. The van der Waals surface area contributed by atoms with E-state index in [0.29, 0.717) is 30.0 Å². The van der Waals surface area contributed by atoms with Crippen molar-refractivity contribution in [3.8, 4) is 5.69 Å². The molecule has 32 heavy (non-hydrogen) atoms. The molecule has 0 unspecified atom stereocenters. The first-order chi connectivity index (χ1) is 15.5. The number of aryl methyl sites for hydroxylation is 1. The molecule has 1 N–H and O–H groups in total. The maximum atomic E-state index is 14.2. The van der Waals surface area contributed by atoms with E-state index < -0.39 is 24.3 Å². The van der Waals surface area contributed by atoms with Crippen LogP contribution < -0.4 is 10.2 Å². The third-order valence-corrected chi connectivity index (χ3v) is 4.81. The average Bonchev–Trinajstić information content (AvgIpc) is 3.21. The van der Waals surface area contributed by atoms with Crippen LogP contribution in [0.15, 0.2) is 48.5 Å². The van der Waals surface area contributed by atoms with Gasteiger partial charge in [-0.1, -0.05) is 31.2 Å². The third kappa shape index (κ3) is 4.20. The number of hydrogen-bond donors (Lipinski definition) is 1. The maximum absolute atomic E-state index is 14.2. The lowest BCUT2D eigenvalue weighted by molar-refractivity contribution is -0.124. The van der Waals surface area contributed by atoms with Gasteiger partial charge in [-0.2, -0.15) is 0 Å². The first-order valence-corrected chi connectivity index (χ1v) is 10.0. The summed E-state index contributed by atoms with van der Waals surface area (Å²) in [5.74, 6) is -2.22. The Hall–Kier alpha value is -4.08. The SMILES string of the molecule is CCCc1nc(C(=O)OCC(=O)N2CC(=O)Nc3ccccc32)nn1-c1ccccc1F. The number of aromatic nitrogens is 3. The molecule has 2 amide bonds. The number of carbonyl (C=O) groups excluding carboxylic acids is 3. The van der Waals surface area contributed by atoms with Crippen LogP contribution in [0.5, 0.6) is 0 Å². The molecule has 0 saturated heterocycles. The minimum Gasteiger partial charge on any atom is -0.450 e. The predicted molar refractivity (Wildman–Crippen MR) is 113 cm³/mol. The molecule has 9 nitrogen and oxygen atoms in total. The summed E-state index contributed by atoms with van der Waals surface area (Å²) in [5, 5.41) is 6.78. The van der Waals surface area contributed by atoms with Crippen molar-refractivity contribution in [2.75, 3.05) is 23.4 Å². The van der Waals surface area contributed by atoms with Crippen molar-refractivity contribution in [2.45, 2.75) is 19.8 Å². The van der Waals surface area contributed by atoms with Crippen molar-refractivity contribution in [1.29, 1.82) is 0 Å². The Balaban J connectivity index is 1.50. The van der Waals surface area contributed by atoms with Gasteiger partial charge in [-0.05, 0) is 30.7 Å². The fraction of sp³-hybridized carbons (Fsp3) is 0.227. The van der Waals surface area contributed by atoms with Gasteiger partial charge in [0.1, 0.15) is 23.9 Å². The van der Waals surface area contributed by atoms with Crippen molar-refractivity contribution in [3.05, 3.63) is 66.0 Å². The zero-order chi connectivity index (χ0) is 22.7. The molecule has 2 heterocycles. The number of halogens is 1. The molecule has 4 rings (SSSR count). The van der Waals surface area contributed by atoms with E-state index in [-0.39, 0.29) is 24.0 Å². The number of ether oxygens (including phenoxy) is 1. The van der Waals surface area contributed by atoms with E-state index in [0.717, 1.165) is 0 Å². The summed E-state index contributed by atoms with van der Waals surface area (Å²) < 4.78 is 20.6. The average molecular weight is 437 g/mol. The van der Waals surface area contributed by atoms with E-state index in [2.05, 4.69) is 15.4 Å². The van der Waals surface area contributed by atoms with Gasteiger partial charge >= 0.3 is 5.97 Å². The fourth-order valence-electron chi connectivity index (χ4n) is 3.36. The molecule has 0 fully saturated rings. The summed E-state index contributed by atoms with van der Waals surface area (Å²) in [5.41, 5.74) is 1.17. The number of benzene rings is 2. The molecule has 1 aliphatic heterocycles. The number of nitrogens with one attached hydrogen (secondary N) is 1. The van der Waals surface area contributed by atoms with Gasteiger partial charge in [0, 0.05) is 6.42 Å². The lowest BCUT2D eigenvalue weighted by Gasteiger charge is -2.28. The van der Waals surface area contributed by atoms with E-state index in [4.69, 9.17) is 4.74 Å². The second-order valence-electron chi connectivity index (χ2n) is 7.09. The molecule has 164 valence electrons. The van der Waals surface area contributed by atoms with Crippen LogP contribution in [0.4, 0.5) is 15.8 Å². The number of anilines is 2. The highest BCUT2D eigenvalue weighted by Crippen LogP contribution is 2.28. The van der Waals surface area contributed by atoms with Crippen LogP contribution in [0.2, 0.25) is 0 Å². The van der Waals surface area contributed by atoms with Crippen molar-refractivity contribution >= 4 is 29.2 Å². The molecular weight excluding hydrogens is 417 g/mol.